The predicted octanol–water partition coefficient (Wildman–Crippen LogP) is 2.23. The summed E-state index contributed by atoms with van der Waals surface area (Å²) in [5.41, 5.74) is 0.886. The highest BCUT2D eigenvalue weighted by molar-refractivity contribution is 6.06. The topological polar surface area (TPSA) is 106 Å². The van der Waals surface area contributed by atoms with E-state index in [1.807, 2.05) is 30.3 Å². The van der Waals surface area contributed by atoms with Crippen molar-refractivity contribution in [3.63, 3.8) is 0 Å². The van der Waals surface area contributed by atoms with Crippen LogP contribution in [0.4, 0.5) is 5.69 Å². The average Bonchev–Trinajstić information content (AvgIpc) is 3.13. The Labute approximate surface area is 142 Å². The molecule has 0 radical (unpaired) electrons. The van der Waals surface area contributed by atoms with Crippen molar-refractivity contribution >= 4 is 17.6 Å². The molecular formula is C17H14N4O4. The number of amides is 1. The van der Waals surface area contributed by atoms with Gasteiger partial charge in [-0.1, -0.05) is 23.4 Å². The Hall–Kier alpha value is -3.68. The molecule has 25 heavy (non-hydrogen) atoms. The molecule has 2 aromatic carbocycles. The molecule has 0 bridgehead atoms. The van der Waals surface area contributed by atoms with Gasteiger partial charge in [-0.05, 0) is 30.3 Å². The molecule has 2 N–H and O–H groups in total. The summed E-state index contributed by atoms with van der Waals surface area (Å²) in [4.78, 5) is 23.7. The molecule has 126 valence electrons. The van der Waals surface area contributed by atoms with Crippen LogP contribution in [-0.4, -0.2) is 39.1 Å². The molecular weight excluding hydrogens is 324 g/mol. The number of carboxylic acid groups (broad SMARTS) is 1. The number of methoxy groups -OCH3 is 1. The monoisotopic (exact) mass is 338 g/mol. The molecule has 0 unspecified atom stereocenters. The molecule has 8 heteroatoms. The number of hydrogen-bond acceptors (Lipinski definition) is 5. The van der Waals surface area contributed by atoms with Gasteiger partial charge in [0.2, 0.25) is 0 Å². The molecule has 0 aliphatic carbocycles. The zero-order valence-electron chi connectivity index (χ0n) is 13.2. The Balaban J connectivity index is 1.84. The van der Waals surface area contributed by atoms with E-state index in [0.29, 0.717) is 5.75 Å². The van der Waals surface area contributed by atoms with E-state index in [2.05, 4.69) is 15.6 Å². The van der Waals surface area contributed by atoms with Crippen LogP contribution in [0.5, 0.6) is 5.75 Å². The molecule has 1 heterocycles. The second-order valence-corrected chi connectivity index (χ2v) is 5.05. The Morgan fingerprint density at radius 3 is 2.60 bits per heavy atom. The average molecular weight is 338 g/mol. The van der Waals surface area contributed by atoms with E-state index in [4.69, 9.17) is 4.74 Å². The third kappa shape index (κ3) is 3.47. The van der Waals surface area contributed by atoms with Crippen LogP contribution in [0, 0.1) is 0 Å². The Morgan fingerprint density at radius 1 is 1.16 bits per heavy atom. The van der Waals surface area contributed by atoms with E-state index < -0.39 is 11.9 Å². The lowest BCUT2D eigenvalue weighted by atomic mass is 10.1. The first-order valence-electron chi connectivity index (χ1n) is 7.29. The molecule has 0 aliphatic heterocycles. The Kier molecular flexibility index (Phi) is 4.42. The van der Waals surface area contributed by atoms with E-state index in [0.717, 1.165) is 5.69 Å². The SMILES string of the molecule is COc1ccc(NC(=O)c2cn(-c3ccccc3)nn2)c(C(=O)O)c1. The highest BCUT2D eigenvalue weighted by atomic mass is 16.5. The van der Waals surface area contributed by atoms with Crippen LogP contribution in [0.2, 0.25) is 0 Å². The van der Waals surface area contributed by atoms with Crippen LogP contribution in [0.25, 0.3) is 5.69 Å². The van der Waals surface area contributed by atoms with Crippen molar-refractivity contribution < 1.29 is 19.4 Å². The fourth-order valence-electron chi connectivity index (χ4n) is 2.20. The van der Waals surface area contributed by atoms with Crippen molar-refractivity contribution in [2.75, 3.05) is 12.4 Å². The summed E-state index contributed by atoms with van der Waals surface area (Å²) in [5, 5.41) is 19.5. The number of carbonyl (C=O) groups is 2. The van der Waals surface area contributed by atoms with E-state index in [1.165, 1.54) is 30.1 Å². The van der Waals surface area contributed by atoms with Gasteiger partial charge in [0.1, 0.15) is 5.75 Å². The number of nitrogens with zero attached hydrogens (tertiary/aromatic N) is 3. The summed E-state index contributed by atoms with van der Waals surface area (Å²) < 4.78 is 6.46. The summed E-state index contributed by atoms with van der Waals surface area (Å²) in [7, 11) is 1.43. The molecule has 3 rings (SSSR count). The van der Waals surface area contributed by atoms with Gasteiger partial charge in [-0.15, -0.1) is 5.10 Å². The lowest BCUT2D eigenvalue weighted by molar-refractivity contribution is 0.0697. The Bertz CT molecular complexity index is 921. The number of nitrogens with one attached hydrogen (secondary N) is 1. The minimum Gasteiger partial charge on any atom is -0.497 e. The van der Waals surface area contributed by atoms with Gasteiger partial charge in [0.25, 0.3) is 5.91 Å². The number of rotatable bonds is 5. The molecule has 0 saturated heterocycles. The van der Waals surface area contributed by atoms with Crippen LogP contribution in [0.1, 0.15) is 20.8 Å². The molecule has 0 spiro atoms. The minimum atomic E-state index is -1.18. The first-order chi connectivity index (χ1) is 12.1. The van der Waals surface area contributed by atoms with Gasteiger partial charge in [-0.3, -0.25) is 4.79 Å². The van der Waals surface area contributed by atoms with Gasteiger partial charge in [-0.25, -0.2) is 9.48 Å². The van der Waals surface area contributed by atoms with Crippen LogP contribution < -0.4 is 10.1 Å². The van der Waals surface area contributed by atoms with Gasteiger partial charge in [-0.2, -0.15) is 0 Å². The lowest BCUT2D eigenvalue weighted by Gasteiger charge is -2.08. The molecule has 1 aromatic heterocycles. The van der Waals surface area contributed by atoms with Crippen molar-refractivity contribution in [3.05, 3.63) is 66.0 Å². The van der Waals surface area contributed by atoms with Gasteiger partial charge < -0.3 is 15.2 Å². The fraction of sp³-hybridized carbons (Fsp3) is 0.0588. The molecule has 1 amide bonds. The van der Waals surface area contributed by atoms with E-state index in [1.54, 1.807) is 6.07 Å². The number of benzene rings is 2. The van der Waals surface area contributed by atoms with Crippen LogP contribution in [-0.2, 0) is 0 Å². The van der Waals surface area contributed by atoms with Gasteiger partial charge in [0.05, 0.1) is 30.2 Å². The van der Waals surface area contributed by atoms with Crippen molar-refractivity contribution in [2.24, 2.45) is 0 Å². The number of para-hydroxylation sites is 1. The third-order valence-electron chi connectivity index (χ3n) is 3.45. The quantitative estimate of drug-likeness (QED) is 0.739. The first kappa shape index (κ1) is 16.2. The zero-order chi connectivity index (χ0) is 17.8. The largest absolute Gasteiger partial charge is 0.497 e. The third-order valence-corrected chi connectivity index (χ3v) is 3.45. The van der Waals surface area contributed by atoms with Crippen LogP contribution >= 0.6 is 0 Å². The summed E-state index contributed by atoms with van der Waals surface area (Å²) in [6.07, 6.45) is 1.47. The van der Waals surface area contributed by atoms with E-state index in [-0.39, 0.29) is 16.9 Å². The molecule has 0 saturated carbocycles. The molecule has 0 atom stereocenters. The number of carbonyl (C=O) groups excluding carboxylic acids is 1. The number of ether oxygens (including phenoxy) is 1. The lowest BCUT2D eigenvalue weighted by Crippen LogP contribution is -2.15. The standard InChI is InChI=1S/C17H14N4O4/c1-25-12-7-8-14(13(9-12)17(23)24)18-16(22)15-10-21(20-19-15)11-5-3-2-4-6-11/h2-10H,1H3,(H,18,22)(H,23,24). The highest BCUT2D eigenvalue weighted by Gasteiger charge is 2.17. The minimum absolute atomic E-state index is 0.0657. The van der Waals surface area contributed by atoms with Crippen molar-refractivity contribution in [2.45, 2.75) is 0 Å². The normalized spacial score (nSPS) is 10.3. The molecule has 8 nitrogen and oxygen atoms in total. The maximum Gasteiger partial charge on any atom is 0.337 e. The molecule has 0 fully saturated rings. The van der Waals surface area contributed by atoms with E-state index >= 15 is 0 Å². The Morgan fingerprint density at radius 2 is 1.92 bits per heavy atom. The predicted molar refractivity (Wildman–Crippen MR) is 89.3 cm³/mol. The van der Waals surface area contributed by atoms with Crippen LogP contribution in [0.15, 0.2) is 54.7 Å². The summed E-state index contributed by atoms with van der Waals surface area (Å²) in [5.74, 6) is -1.36. The van der Waals surface area contributed by atoms with Gasteiger partial charge >= 0.3 is 5.97 Å². The number of anilines is 1. The zero-order valence-corrected chi connectivity index (χ0v) is 13.2. The summed E-state index contributed by atoms with van der Waals surface area (Å²) in [6.45, 7) is 0. The van der Waals surface area contributed by atoms with Gasteiger partial charge in [0.15, 0.2) is 5.69 Å². The molecule has 0 aliphatic rings. The number of aromatic nitrogens is 3. The fourth-order valence-corrected chi connectivity index (χ4v) is 2.20. The van der Waals surface area contributed by atoms with Crippen molar-refractivity contribution in [3.8, 4) is 11.4 Å². The maximum absolute atomic E-state index is 12.3. The maximum atomic E-state index is 12.3. The smallest absolute Gasteiger partial charge is 0.337 e. The number of hydrogen-bond donors (Lipinski definition) is 2. The second kappa shape index (κ2) is 6.83. The molecule has 3 aromatic rings. The highest BCUT2D eigenvalue weighted by Crippen LogP contribution is 2.22. The van der Waals surface area contributed by atoms with Crippen molar-refractivity contribution in [1.82, 2.24) is 15.0 Å². The number of aromatic carboxylic acids is 1. The van der Waals surface area contributed by atoms with Crippen LogP contribution in [0.3, 0.4) is 0 Å². The summed E-state index contributed by atoms with van der Waals surface area (Å²) in [6, 6.07) is 13.5. The second-order valence-electron chi connectivity index (χ2n) is 5.05. The van der Waals surface area contributed by atoms with Gasteiger partial charge in [0, 0.05) is 0 Å². The van der Waals surface area contributed by atoms with E-state index in [9.17, 15) is 14.7 Å². The summed E-state index contributed by atoms with van der Waals surface area (Å²) >= 11 is 0. The first-order valence-corrected chi connectivity index (χ1v) is 7.29. The number of carboxylic acids is 1. The van der Waals surface area contributed by atoms with Crippen molar-refractivity contribution in [1.29, 1.82) is 0 Å².